The first kappa shape index (κ1) is 15.2. The van der Waals surface area contributed by atoms with E-state index in [0.29, 0.717) is 0 Å². The van der Waals surface area contributed by atoms with Gasteiger partial charge in [0, 0.05) is 0 Å². The smallest absolute Gasteiger partial charge is 0.446 e. The van der Waals surface area contributed by atoms with Crippen molar-refractivity contribution in [2.75, 3.05) is 14.2 Å². The second-order valence-corrected chi connectivity index (χ2v) is 4.28. The number of carbonyl (C=O) groups is 1. The van der Waals surface area contributed by atoms with Crippen molar-refractivity contribution in [1.29, 1.82) is 5.26 Å². The Morgan fingerprint density at radius 2 is 2.00 bits per heavy atom. The summed E-state index contributed by atoms with van der Waals surface area (Å²) >= 11 is -0.494. The summed E-state index contributed by atoms with van der Waals surface area (Å²) in [4.78, 5) is 11.1. The van der Waals surface area contributed by atoms with Crippen molar-refractivity contribution >= 4 is 17.7 Å². The van der Waals surface area contributed by atoms with Crippen LogP contribution >= 0.6 is 11.8 Å². The third-order valence-electron chi connectivity index (χ3n) is 2.03. The molecule has 0 atom stereocenters. The van der Waals surface area contributed by atoms with Crippen molar-refractivity contribution in [2.45, 2.75) is 10.4 Å². The largest absolute Gasteiger partial charge is 0.496 e. The number of thioether (sulfide) groups is 1. The summed E-state index contributed by atoms with van der Waals surface area (Å²) in [5.41, 5.74) is -4.95. The first-order valence-corrected chi connectivity index (χ1v) is 5.60. The number of hydrogen-bond donors (Lipinski definition) is 0. The van der Waals surface area contributed by atoms with Crippen molar-refractivity contribution in [3.8, 4) is 11.8 Å². The van der Waals surface area contributed by atoms with E-state index in [0.717, 1.165) is 26.4 Å². The predicted octanol–water partition coefficient (Wildman–Crippen LogP) is 2.97. The molecule has 4 nitrogen and oxygen atoms in total. The fourth-order valence-electron chi connectivity index (χ4n) is 1.30. The second kappa shape index (κ2) is 5.84. The van der Waals surface area contributed by atoms with E-state index in [9.17, 15) is 18.0 Å². The molecule has 102 valence electrons. The Labute approximate surface area is 111 Å². The van der Waals surface area contributed by atoms with Crippen molar-refractivity contribution in [3.05, 3.63) is 23.3 Å². The summed E-state index contributed by atoms with van der Waals surface area (Å²) in [5, 5.41) is 8.77. The minimum atomic E-state index is -4.59. The van der Waals surface area contributed by atoms with Gasteiger partial charge in [-0.3, -0.25) is 0 Å². The molecular weight excluding hydrogens is 283 g/mol. The maximum Gasteiger partial charge on any atom is 0.446 e. The number of benzene rings is 1. The zero-order valence-corrected chi connectivity index (χ0v) is 10.7. The van der Waals surface area contributed by atoms with E-state index in [-0.39, 0.29) is 16.9 Å². The molecule has 1 aromatic carbocycles. The fraction of sp³-hybridized carbons (Fsp3) is 0.273. The van der Waals surface area contributed by atoms with Gasteiger partial charge in [0.25, 0.3) is 0 Å². The maximum absolute atomic E-state index is 12.5. The van der Waals surface area contributed by atoms with E-state index in [1.807, 2.05) is 0 Å². The Morgan fingerprint density at radius 3 is 2.42 bits per heavy atom. The molecule has 0 spiro atoms. The highest BCUT2D eigenvalue weighted by Gasteiger charge is 2.34. The van der Waals surface area contributed by atoms with E-state index < -0.39 is 28.1 Å². The molecule has 1 aromatic rings. The van der Waals surface area contributed by atoms with Gasteiger partial charge in [-0.25, -0.2) is 4.79 Å². The molecule has 0 radical (unpaired) electrons. The highest BCUT2D eigenvalue weighted by atomic mass is 32.2. The SMILES string of the molecule is COC(=O)c1cc(C#N)cc(OC)c1SC(F)(F)F. The number of alkyl halides is 3. The molecule has 0 fully saturated rings. The molecule has 0 saturated heterocycles. The zero-order valence-electron chi connectivity index (χ0n) is 9.87. The monoisotopic (exact) mass is 291 g/mol. The third kappa shape index (κ3) is 3.79. The number of nitriles is 1. The van der Waals surface area contributed by atoms with Crippen molar-refractivity contribution < 1.29 is 27.4 Å². The van der Waals surface area contributed by atoms with Gasteiger partial charge in [-0.15, -0.1) is 0 Å². The van der Waals surface area contributed by atoms with Crippen LogP contribution in [0.15, 0.2) is 17.0 Å². The number of carbonyl (C=O) groups excluding carboxylic acids is 1. The van der Waals surface area contributed by atoms with Gasteiger partial charge in [-0.05, 0) is 23.9 Å². The topological polar surface area (TPSA) is 59.3 Å². The van der Waals surface area contributed by atoms with Crippen LogP contribution < -0.4 is 4.74 Å². The Kier molecular flexibility index (Phi) is 4.67. The Hall–Kier alpha value is -1.88. The summed E-state index contributed by atoms with van der Waals surface area (Å²) in [5.74, 6) is -1.18. The van der Waals surface area contributed by atoms with Crippen LogP contribution in [0.2, 0.25) is 0 Å². The van der Waals surface area contributed by atoms with E-state index in [4.69, 9.17) is 10.00 Å². The molecule has 0 N–H and O–H groups in total. The number of methoxy groups -OCH3 is 2. The number of rotatable bonds is 3. The van der Waals surface area contributed by atoms with E-state index >= 15 is 0 Å². The van der Waals surface area contributed by atoms with Gasteiger partial charge in [0.1, 0.15) is 5.75 Å². The van der Waals surface area contributed by atoms with Crippen LogP contribution in [0.1, 0.15) is 15.9 Å². The lowest BCUT2D eigenvalue weighted by Gasteiger charge is -2.14. The number of hydrogen-bond acceptors (Lipinski definition) is 5. The molecule has 0 heterocycles. The van der Waals surface area contributed by atoms with Crippen LogP contribution in [-0.2, 0) is 4.74 Å². The molecule has 0 bridgehead atoms. The average Bonchev–Trinajstić information content (AvgIpc) is 2.36. The third-order valence-corrected chi connectivity index (χ3v) is 2.88. The lowest BCUT2D eigenvalue weighted by Crippen LogP contribution is -2.09. The van der Waals surface area contributed by atoms with Crippen LogP contribution in [0.3, 0.4) is 0 Å². The zero-order chi connectivity index (χ0) is 14.6. The second-order valence-electron chi connectivity index (χ2n) is 3.21. The van der Waals surface area contributed by atoms with Gasteiger partial charge in [0.05, 0.1) is 36.3 Å². The van der Waals surface area contributed by atoms with Crippen LogP contribution in [0.4, 0.5) is 13.2 Å². The van der Waals surface area contributed by atoms with Gasteiger partial charge in [-0.2, -0.15) is 18.4 Å². The van der Waals surface area contributed by atoms with Gasteiger partial charge in [-0.1, -0.05) is 0 Å². The minimum absolute atomic E-state index is 0.00349. The van der Waals surface area contributed by atoms with E-state index in [1.165, 1.54) is 0 Å². The Bertz CT molecular complexity index is 537. The number of esters is 1. The molecule has 0 amide bonds. The minimum Gasteiger partial charge on any atom is -0.496 e. The fourth-order valence-corrected chi connectivity index (χ4v) is 2.03. The van der Waals surface area contributed by atoms with Crippen molar-refractivity contribution in [3.63, 3.8) is 0 Å². The highest BCUT2D eigenvalue weighted by molar-refractivity contribution is 8.00. The Morgan fingerprint density at radius 1 is 1.37 bits per heavy atom. The van der Waals surface area contributed by atoms with Crippen LogP contribution in [0.25, 0.3) is 0 Å². The molecule has 0 unspecified atom stereocenters. The highest BCUT2D eigenvalue weighted by Crippen LogP contribution is 2.44. The maximum atomic E-state index is 12.5. The summed E-state index contributed by atoms with van der Waals surface area (Å²) < 4.78 is 46.6. The lowest BCUT2D eigenvalue weighted by atomic mass is 10.1. The first-order valence-electron chi connectivity index (χ1n) is 4.78. The normalized spacial score (nSPS) is 10.7. The molecule has 0 aliphatic carbocycles. The predicted molar refractivity (Wildman–Crippen MR) is 61.0 cm³/mol. The summed E-state index contributed by atoms with van der Waals surface area (Å²) in [7, 11) is 2.19. The first-order chi connectivity index (χ1) is 8.82. The number of nitrogens with zero attached hydrogens (tertiary/aromatic N) is 1. The van der Waals surface area contributed by atoms with E-state index in [2.05, 4.69) is 4.74 Å². The standard InChI is InChI=1S/C11H8F3NO3S/c1-17-8-4-6(5-15)3-7(10(16)18-2)9(8)19-11(12,13)14/h3-4H,1-2H3. The number of halogens is 3. The molecule has 8 heteroatoms. The summed E-state index contributed by atoms with van der Waals surface area (Å²) in [6.07, 6.45) is 0. The van der Waals surface area contributed by atoms with Crippen molar-refractivity contribution in [1.82, 2.24) is 0 Å². The van der Waals surface area contributed by atoms with Gasteiger partial charge in [0.2, 0.25) is 0 Å². The van der Waals surface area contributed by atoms with Crippen LogP contribution in [-0.4, -0.2) is 25.7 Å². The molecule has 19 heavy (non-hydrogen) atoms. The molecular formula is C11H8F3NO3S. The average molecular weight is 291 g/mol. The summed E-state index contributed by atoms with van der Waals surface area (Å²) in [6.45, 7) is 0. The molecule has 0 aliphatic heterocycles. The van der Waals surface area contributed by atoms with E-state index in [1.54, 1.807) is 6.07 Å². The van der Waals surface area contributed by atoms with Crippen LogP contribution in [0.5, 0.6) is 5.75 Å². The molecule has 1 rings (SSSR count). The molecule has 0 saturated carbocycles. The van der Waals surface area contributed by atoms with Crippen molar-refractivity contribution in [2.24, 2.45) is 0 Å². The summed E-state index contributed by atoms with van der Waals surface area (Å²) in [6, 6.07) is 3.89. The molecule has 0 aromatic heterocycles. The van der Waals surface area contributed by atoms with Gasteiger partial charge in [0.15, 0.2) is 0 Å². The van der Waals surface area contributed by atoms with Crippen LogP contribution in [0, 0.1) is 11.3 Å². The number of ether oxygens (including phenoxy) is 2. The van der Waals surface area contributed by atoms with Gasteiger partial charge >= 0.3 is 11.5 Å². The lowest BCUT2D eigenvalue weighted by molar-refractivity contribution is -0.0329. The van der Waals surface area contributed by atoms with Gasteiger partial charge < -0.3 is 9.47 Å². The Balaban J connectivity index is 3.47. The molecule has 0 aliphatic rings. The quantitative estimate of drug-likeness (QED) is 0.633.